The Morgan fingerprint density at radius 2 is 1.89 bits per heavy atom. The Morgan fingerprint density at radius 3 is 2.44 bits per heavy atom. The van der Waals surface area contributed by atoms with Crippen molar-refractivity contribution in [1.29, 1.82) is 0 Å². The lowest BCUT2D eigenvalue weighted by molar-refractivity contribution is 1.11. The fourth-order valence-electron chi connectivity index (χ4n) is 0.625. The van der Waals surface area contributed by atoms with Crippen molar-refractivity contribution in [2.24, 2.45) is 5.84 Å². The van der Waals surface area contributed by atoms with E-state index in [2.05, 4.69) is 5.10 Å². The van der Waals surface area contributed by atoms with Gasteiger partial charge in [0.05, 0.1) is 0 Å². The molecule has 0 aromatic heterocycles. The third-order valence-electron chi connectivity index (χ3n) is 1.02. The van der Waals surface area contributed by atoms with Crippen LogP contribution in [0.5, 0.6) is 0 Å². The second-order valence-electron chi connectivity index (χ2n) is 1.69. The maximum absolute atomic E-state index is 4.93. The van der Waals surface area contributed by atoms with Gasteiger partial charge in [0.15, 0.2) is 5.10 Å². The maximum Gasteiger partial charge on any atom is 0.281 e. The minimum absolute atomic E-state index is 1.03. The van der Waals surface area contributed by atoms with E-state index in [0.717, 1.165) is 5.56 Å². The molecule has 0 saturated carbocycles. The van der Waals surface area contributed by atoms with Crippen LogP contribution in [-0.2, 0) is 0 Å². The summed E-state index contributed by atoms with van der Waals surface area (Å²) in [6, 6.07) is 9.72. The number of hydrogen-bond donors (Lipinski definition) is 1. The summed E-state index contributed by atoms with van der Waals surface area (Å²) < 4.78 is 0. The summed E-state index contributed by atoms with van der Waals surface area (Å²) in [5.74, 6) is 4.93. The molecule has 0 fully saturated rings. The van der Waals surface area contributed by atoms with Gasteiger partial charge >= 0.3 is 0 Å². The van der Waals surface area contributed by atoms with E-state index in [1.807, 2.05) is 30.3 Å². The van der Waals surface area contributed by atoms with E-state index in [1.54, 1.807) is 6.21 Å². The van der Waals surface area contributed by atoms with Gasteiger partial charge in [-0.25, -0.2) is 0 Å². The van der Waals surface area contributed by atoms with Gasteiger partial charge in [-0.05, 0) is 12.1 Å². The Hall–Kier alpha value is -1.31. The minimum atomic E-state index is 1.03. The third kappa shape index (κ3) is 1.57. The first kappa shape index (κ1) is 5.82. The van der Waals surface area contributed by atoms with Crippen LogP contribution in [0.2, 0.25) is 0 Å². The highest BCUT2D eigenvalue weighted by atomic mass is 15.1. The van der Waals surface area contributed by atoms with Crippen LogP contribution in [-0.4, -0.2) is 6.21 Å². The van der Waals surface area contributed by atoms with Crippen molar-refractivity contribution < 1.29 is 0 Å². The molecule has 0 bridgehead atoms. The molecule has 0 atom stereocenters. The lowest BCUT2D eigenvalue weighted by atomic mass is 10.2. The summed E-state index contributed by atoms with van der Waals surface area (Å²) in [6.07, 6.45) is 1.61. The Labute approximate surface area is 54.0 Å². The molecule has 1 radical (unpaired) electrons. The molecule has 0 spiro atoms. The van der Waals surface area contributed by atoms with Crippen LogP contribution in [0, 0.1) is 0 Å². The first-order valence-electron chi connectivity index (χ1n) is 2.72. The summed E-state index contributed by atoms with van der Waals surface area (Å²) in [6.45, 7) is 0. The fraction of sp³-hybridized carbons (Fsp3) is 0. The lowest BCUT2D eigenvalue weighted by Gasteiger charge is -1.80. The Bertz CT molecular complexity index is 191. The quantitative estimate of drug-likeness (QED) is 0.323. The SMILES string of the molecule is N[N+]=Cc1ccccc1. The number of nitrogens with two attached hydrogens (primary N) is 1. The van der Waals surface area contributed by atoms with Gasteiger partial charge in [0.25, 0.3) is 6.21 Å². The molecule has 0 aliphatic heterocycles. The van der Waals surface area contributed by atoms with Gasteiger partial charge in [0.1, 0.15) is 0 Å². The van der Waals surface area contributed by atoms with E-state index in [9.17, 15) is 0 Å². The molecule has 1 rings (SSSR count). The molecule has 2 N–H and O–H groups in total. The molecule has 0 unspecified atom stereocenters. The molecule has 45 valence electrons. The number of benzene rings is 1. The van der Waals surface area contributed by atoms with Crippen LogP contribution in [0.4, 0.5) is 0 Å². The predicted molar refractivity (Wildman–Crippen MR) is 37.9 cm³/mol. The number of nitrogens with zero attached hydrogens (tertiary/aromatic N) is 1. The van der Waals surface area contributed by atoms with E-state index in [1.165, 1.54) is 0 Å². The summed E-state index contributed by atoms with van der Waals surface area (Å²) >= 11 is 0. The first-order chi connectivity index (χ1) is 4.43. The molecule has 2 nitrogen and oxygen atoms in total. The standard InChI is InChI=1S/C7H8N2/c8-9-6-7-4-2-1-3-5-7/h1-6H,8H2/q+1. The van der Waals surface area contributed by atoms with Crippen LogP contribution in [0.25, 0.3) is 0 Å². The Morgan fingerprint density at radius 1 is 1.22 bits per heavy atom. The third-order valence-corrected chi connectivity index (χ3v) is 1.02. The smallest absolute Gasteiger partial charge is 0.146 e. The van der Waals surface area contributed by atoms with Crippen molar-refractivity contribution in [2.45, 2.75) is 0 Å². The largest absolute Gasteiger partial charge is 0.281 e. The Balaban J connectivity index is 2.85. The van der Waals surface area contributed by atoms with E-state index in [-0.39, 0.29) is 0 Å². The van der Waals surface area contributed by atoms with E-state index < -0.39 is 0 Å². The number of rotatable bonds is 1. The van der Waals surface area contributed by atoms with Crippen molar-refractivity contribution in [3.8, 4) is 0 Å². The monoisotopic (exact) mass is 120 g/mol. The molecule has 0 aliphatic carbocycles. The molecule has 2 heteroatoms. The van der Waals surface area contributed by atoms with Crippen molar-refractivity contribution >= 4 is 6.21 Å². The highest BCUT2D eigenvalue weighted by molar-refractivity contribution is 5.78. The summed E-state index contributed by atoms with van der Waals surface area (Å²) in [5.41, 5.74) is 1.03. The van der Waals surface area contributed by atoms with Crippen LogP contribution in [0.1, 0.15) is 5.56 Å². The molecule has 0 saturated heterocycles. The van der Waals surface area contributed by atoms with Crippen LogP contribution in [0.3, 0.4) is 0 Å². The highest BCUT2D eigenvalue weighted by Gasteiger charge is 1.87. The maximum atomic E-state index is 4.93. The van der Waals surface area contributed by atoms with Crippen molar-refractivity contribution in [2.75, 3.05) is 0 Å². The zero-order valence-corrected chi connectivity index (χ0v) is 4.99. The molecular weight excluding hydrogens is 112 g/mol. The molecule has 0 heterocycles. The fourth-order valence-corrected chi connectivity index (χ4v) is 0.625. The molecule has 1 aromatic carbocycles. The van der Waals surface area contributed by atoms with Crippen LogP contribution < -0.4 is 10.9 Å². The van der Waals surface area contributed by atoms with Gasteiger partial charge in [-0.1, -0.05) is 18.2 Å². The van der Waals surface area contributed by atoms with E-state index in [4.69, 9.17) is 5.84 Å². The van der Waals surface area contributed by atoms with Gasteiger partial charge < -0.3 is 0 Å². The minimum Gasteiger partial charge on any atom is -0.146 e. The second kappa shape index (κ2) is 2.87. The zero-order valence-electron chi connectivity index (χ0n) is 4.99. The molecular formula is C7H8N2+. The van der Waals surface area contributed by atoms with Gasteiger partial charge in [0, 0.05) is 5.56 Å². The van der Waals surface area contributed by atoms with Crippen LogP contribution in [0.15, 0.2) is 30.3 Å². The van der Waals surface area contributed by atoms with E-state index in [0.29, 0.717) is 0 Å². The molecule has 0 aliphatic rings. The summed E-state index contributed by atoms with van der Waals surface area (Å²) in [7, 11) is 0. The normalized spacial score (nSPS) is 10.2. The number of hydrogen-bond acceptors (Lipinski definition) is 2. The molecule has 0 amide bonds. The average molecular weight is 120 g/mol. The second-order valence-corrected chi connectivity index (χ2v) is 1.69. The molecule has 9 heavy (non-hydrogen) atoms. The number of hydrazone groups is 1. The van der Waals surface area contributed by atoms with Crippen molar-refractivity contribution in [3.63, 3.8) is 0 Å². The van der Waals surface area contributed by atoms with Crippen LogP contribution >= 0.6 is 0 Å². The topological polar surface area (TPSA) is 40.1 Å². The van der Waals surface area contributed by atoms with Gasteiger partial charge in [-0.3, -0.25) is 0 Å². The lowest BCUT2D eigenvalue weighted by Crippen LogP contribution is -2.00. The zero-order chi connectivity index (χ0) is 6.53. The van der Waals surface area contributed by atoms with Gasteiger partial charge in [-0.15, -0.1) is 5.84 Å². The summed E-state index contributed by atoms with van der Waals surface area (Å²) in [4.78, 5) is 0. The van der Waals surface area contributed by atoms with E-state index >= 15 is 0 Å². The van der Waals surface area contributed by atoms with Gasteiger partial charge in [0.2, 0.25) is 0 Å². The highest BCUT2D eigenvalue weighted by Crippen LogP contribution is 1.91. The first-order valence-corrected chi connectivity index (χ1v) is 2.72. The molecule has 1 aromatic rings. The summed E-state index contributed by atoms with van der Waals surface area (Å²) in [5, 5.41) is 3.38. The average Bonchev–Trinajstić information content (AvgIpc) is 1.91. The van der Waals surface area contributed by atoms with Gasteiger partial charge in [-0.2, -0.15) is 0 Å². The van der Waals surface area contributed by atoms with Crippen molar-refractivity contribution in [3.05, 3.63) is 35.9 Å². The predicted octanol–water partition coefficient (Wildman–Crippen LogP) is 0.315. The van der Waals surface area contributed by atoms with Crippen molar-refractivity contribution in [1.82, 2.24) is 5.10 Å². The Kier molecular flexibility index (Phi) is 1.85.